The Bertz CT molecular complexity index is 2460. The molecule has 1 N–H and O–H groups in total. The van der Waals surface area contributed by atoms with Gasteiger partial charge in [0.25, 0.3) is 0 Å². The maximum Gasteiger partial charge on any atom is 0.407 e. The van der Waals surface area contributed by atoms with E-state index in [9.17, 15) is 15.2 Å². The van der Waals surface area contributed by atoms with Gasteiger partial charge in [0.1, 0.15) is 42.3 Å². The lowest BCUT2D eigenvalue weighted by molar-refractivity contribution is 0.114. The number of hydrogen-bond donors (Lipinski definition) is 1. The second-order valence-electron chi connectivity index (χ2n) is 14.9. The molecule has 3 saturated heterocycles. The molecule has 3 aliphatic rings. The maximum absolute atomic E-state index is 12.2. The topological polar surface area (TPSA) is 124 Å². The van der Waals surface area contributed by atoms with Crippen LogP contribution in [0, 0.1) is 11.3 Å². The first-order chi connectivity index (χ1) is 27.4. The molecule has 4 heterocycles. The summed E-state index contributed by atoms with van der Waals surface area (Å²) in [5, 5.41) is 22.8. The predicted octanol–water partition coefficient (Wildman–Crippen LogP) is 8.50. The van der Waals surface area contributed by atoms with E-state index < -0.39 is 6.09 Å². The molecular formula is C45H42N6O5. The van der Waals surface area contributed by atoms with Gasteiger partial charge in [-0.2, -0.15) is 15.2 Å². The van der Waals surface area contributed by atoms with E-state index in [1.165, 1.54) is 0 Å². The Morgan fingerprint density at radius 2 is 1.61 bits per heavy atom. The Hall–Kier alpha value is -6.38. The number of ether oxygens (including phenoxy) is 3. The molecule has 0 saturated carbocycles. The second-order valence-corrected chi connectivity index (χ2v) is 14.9. The molecule has 0 radical (unpaired) electrons. The van der Waals surface area contributed by atoms with E-state index in [1.807, 2.05) is 78.9 Å². The third-order valence-electron chi connectivity index (χ3n) is 11.4. The Labute approximate surface area is 325 Å². The molecule has 56 heavy (non-hydrogen) atoms. The number of amides is 1. The summed E-state index contributed by atoms with van der Waals surface area (Å²) in [6.45, 7) is 2.89. The average molecular weight is 747 g/mol. The molecule has 282 valence electrons. The summed E-state index contributed by atoms with van der Waals surface area (Å²) >= 11 is 0. The van der Waals surface area contributed by atoms with Gasteiger partial charge >= 0.3 is 12.1 Å². The molecule has 1 unspecified atom stereocenters. The monoisotopic (exact) mass is 746 g/mol. The van der Waals surface area contributed by atoms with Crippen molar-refractivity contribution in [3.05, 3.63) is 114 Å². The summed E-state index contributed by atoms with van der Waals surface area (Å²) in [5.74, 6) is 2.31. The number of piperazine rings is 1. The molecule has 2 bridgehead atoms. The standard InChI is InChI=1S/C45H42N6O5/c1-49-19-9-14-34(49)28-55-44-47-40-22-38(37-21-35(20-30-12-5-7-15-36(30)37)54-27-29-10-3-2-4-11-29)42(56-41-16-8-6-13-31(41)24-46)23-39(40)43(48-44)50-25-32-17-18-33(26-50)51(32)45(52)53/h2-8,10-13,15-16,20-23,32-34H,9,14,17-19,25-28H2,1H3,(H,52,53)/t32-,33+,34?. The van der Waals surface area contributed by atoms with Crippen LogP contribution >= 0.6 is 0 Å². The van der Waals surface area contributed by atoms with Crippen molar-refractivity contribution in [3.63, 3.8) is 0 Å². The number of carbonyl (C=O) groups is 1. The summed E-state index contributed by atoms with van der Waals surface area (Å²) < 4.78 is 19.6. The van der Waals surface area contributed by atoms with Gasteiger partial charge in [-0.1, -0.05) is 66.7 Å². The van der Waals surface area contributed by atoms with Gasteiger partial charge in [-0.05, 0) is 97.6 Å². The molecule has 0 spiro atoms. The predicted molar refractivity (Wildman–Crippen MR) is 215 cm³/mol. The first kappa shape index (κ1) is 35.3. The Morgan fingerprint density at radius 3 is 2.38 bits per heavy atom. The molecule has 11 heteroatoms. The molecule has 11 nitrogen and oxygen atoms in total. The average Bonchev–Trinajstić information content (AvgIpc) is 3.77. The third-order valence-corrected chi connectivity index (χ3v) is 11.4. The number of fused-ring (bicyclic) bond motifs is 4. The summed E-state index contributed by atoms with van der Waals surface area (Å²) in [4.78, 5) is 28.4. The van der Waals surface area contributed by atoms with Gasteiger partial charge in [0.15, 0.2) is 0 Å². The van der Waals surface area contributed by atoms with Gasteiger partial charge in [-0.15, -0.1) is 0 Å². The van der Waals surface area contributed by atoms with Gasteiger partial charge in [-0.3, -0.25) is 4.90 Å². The largest absolute Gasteiger partial charge is 0.489 e. The lowest BCUT2D eigenvalue weighted by Gasteiger charge is -2.40. The molecule has 1 amide bonds. The number of nitrogens with zero attached hydrogens (tertiary/aromatic N) is 6. The number of benzene rings is 5. The molecule has 3 aliphatic heterocycles. The Morgan fingerprint density at radius 1 is 0.839 bits per heavy atom. The first-order valence-corrected chi connectivity index (χ1v) is 19.2. The van der Waals surface area contributed by atoms with Gasteiger partial charge in [0.05, 0.1) is 23.2 Å². The lowest BCUT2D eigenvalue weighted by atomic mass is 9.95. The van der Waals surface area contributed by atoms with E-state index in [-0.39, 0.29) is 24.1 Å². The van der Waals surface area contributed by atoms with E-state index in [4.69, 9.17) is 24.2 Å². The zero-order chi connectivity index (χ0) is 38.2. The molecule has 9 rings (SSSR count). The minimum Gasteiger partial charge on any atom is -0.489 e. The van der Waals surface area contributed by atoms with Crippen molar-refractivity contribution in [2.45, 2.75) is 50.4 Å². The van der Waals surface area contributed by atoms with Gasteiger partial charge < -0.3 is 29.1 Å². The quantitative estimate of drug-likeness (QED) is 0.146. The number of aromatic nitrogens is 2. The van der Waals surface area contributed by atoms with Gasteiger partial charge in [-0.25, -0.2) is 4.79 Å². The van der Waals surface area contributed by atoms with Crippen LogP contribution in [0.2, 0.25) is 0 Å². The van der Waals surface area contributed by atoms with Crippen LogP contribution in [0.25, 0.3) is 32.8 Å². The van der Waals surface area contributed by atoms with Crippen molar-refractivity contribution in [2.75, 3.05) is 38.2 Å². The highest BCUT2D eigenvalue weighted by molar-refractivity contribution is 6.03. The molecule has 3 fully saturated rings. The zero-order valence-corrected chi connectivity index (χ0v) is 31.2. The Kier molecular flexibility index (Phi) is 9.49. The number of rotatable bonds is 10. The van der Waals surface area contributed by atoms with Crippen LogP contribution in [0.1, 0.15) is 36.8 Å². The number of nitriles is 1. The smallest absolute Gasteiger partial charge is 0.407 e. The van der Waals surface area contributed by atoms with E-state index in [0.29, 0.717) is 60.4 Å². The van der Waals surface area contributed by atoms with E-state index in [1.54, 1.807) is 17.0 Å². The number of para-hydroxylation sites is 1. The minimum atomic E-state index is -0.881. The molecule has 5 aromatic carbocycles. The maximum atomic E-state index is 12.2. The highest BCUT2D eigenvalue weighted by Crippen LogP contribution is 2.44. The van der Waals surface area contributed by atoms with Crippen LogP contribution in [0.4, 0.5) is 10.6 Å². The lowest BCUT2D eigenvalue weighted by Crippen LogP contribution is -2.55. The van der Waals surface area contributed by atoms with Crippen LogP contribution in [0.15, 0.2) is 103 Å². The molecular weight excluding hydrogens is 705 g/mol. The fraction of sp³-hybridized carbons (Fsp3) is 0.289. The first-order valence-electron chi connectivity index (χ1n) is 19.2. The summed E-state index contributed by atoms with van der Waals surface area (Å²) in [6, 6.07) is 36.0. The van der Waals surface area contributed by atoms with E-state index in [0.717, 1.165) is 65.1 Å². The van der Waals surface area contributed by atoms with Crippen molar-refractivity contribution in [2.24, 2.45) is 0 Å². The van der Waals surface area contributed by atoms with Crippen LogP contribution in [0.5, 0.6) is 23.3 Å². The van der Waals surface area contributed by atoms with Crippen LogP contribution in [-0.2, 0) is 6.61 Å². The second kappa shape index (κ2) is 15.0. The minimum absolute atomic E-state index is 0.143. The summed E-state index contributed by atoms with van der Waals surface area (Å²) in [6.07, 6.45) is 2.88. The van der Waals surface area contributed by atoms with E-state index >= 15 is 0 Å². The fourth-order valence-corrected chi connectivity index (χ4v) is 8.56. The number of likely N-dealkylation sites (N-methyl/N-ethyl adjacent to an activating group) is 1. The van der Waals surface area contributed by atoms with Crippen LogP contribution in [0.3, 0.4) is 0 Å². The fourth-order valence-electron chi connectivity index (χ4n) is 8.56. The van der Waals surface area contributed by atoms with Crippen molar-refractivity contribution >= 4 is 33.6 Å². The molecule has 0 aliphatic carbocycles. The highest BCUT2D eigenvalue weighted by atomic mass is 16.5. The third kappa shape index (κ3) is 6.88. The highest BCUT2D eigenvalue weighted by Gasteiger charge is 2.43. The number of carboxylic acid groups (broad SMARTS) is 1. The van der Waals surface area contributed by atoms with Crippen molar-refractivity contribution in [1.29, 1.82) is 5.26 Å². The number of likely N-dealkylation sites (tertiary alicyclic amines) is 1. The number of anilines is 1. The summed E-state index contributed by atoms with van der Waals surface area (Å²) in [7, 11) is 2.12. The summed E-state index contributed by atoms with van der Waals surface area (Å²) in [5.41, 5.74) is 3.76. The molecule has 6 aromatic rings. The van der Waals surface area contributed by atoms with Crippen molar-refractivity contribution < 1.29 is 24.1 Å². The van der Waals surface area contributed by atoms with E-state index in [2.05, 4.69) is 35.0 Å². The van der Waals surface area contributed by atoms with Gasteiger partial charge in [0.2, 0.25) is 0 Å². The SMILES string of the molecule is CN1CCCC1COc1nc(N2C[C@H]3CC[C@@H](C2)N3C(=O)O)c2cc(Oc3ccccc3C#N)c(-c3cc(OCc4ccccc4)cc4ccccc34)cc2n1. The zero-order valence-electron chi connectivity index (χ0n) is 31.2. The Balaban J connectivity index is 1.21. The van der Waals surface area contributed by atoms with Crippen LogP contribution < -0.4 is 19.1 Å². The molecule has 1 aromatic heterocycles. The van der Waals surface area contributed by atoms with Crippen LogP contribution in [-0.4, -0.2) is 82.4 Å². The van der Waals surface area contributed by atoms with Crippen molar-refractivity contribution in [3.8, 4) is 40.5 Å². The molecule has 3 atom stereocenters. The van der Waals surface area contributed by atoms with Crippen molar-refractivity contribution in [1.82, 2.24) is 19.8 Å². The van der Waals surface area contributed by atoms with Gasteiger partial charge in [0, 0.05) is 30.1 Å². The number of hydrogen-bond acceptors (Lipinski definition) is 9. The normalized spacial score (nSPS) is 19.3.